The van der Waals surface area contributed by atoms with Crippen LogP contribution < -0.4 is 0 Å². The molecule has 7 heteroatoms. The average molecular weight is 371 g/mol. The number of nitrogens with one attached hydrogen (secondary N) is 1. The van der Waals surface area contributed by atoms with E-state index in [1.807, 2.05) is 22.9 Å². The number of H-pyrrole nitrogens is 1. The molecule has 130 valence electrons. The fourth-order valence-electron chi connectivity index (χ4n) is 3.63. The van der Waals surface area contributed by atoms with E-state index in [1.54, 1.807) is 6.20 Å². The van der Waals surface area contributed by atoms with Gasteiger partial charge in [-0.1, -0.05) is 17.7 Å². The second-order valence-electron chi connectivity index (χ2n) is 6.42. The molecular formula is C19H13ClF2N4. The van der Waals surface area contributed by atoms with Gasteiger partial charge in [0.2, 0.25) is 0 Å². The van der Waals surface area contributed by atoms with Gasteiger partial charge in [0, 0.05) is 34.8 Å². The van der Waals surface area contributed by atoms with Crippen molar-refractivity contribution in [2.24, 2.45) is 0 Å². The Bertz CT molecular complexity index is 1160. The first kappa shape index (κ1) is 15.5. The monoisotopic (exact) mass is 370 g/mol. The van der Waals surface area contributed by atoms with E-state index in [-0.39, 0.29) is 10.6 Å². The third-order valence-electron chi connectivity index (χ3n) is 4.84. The predicted octanol–water partition coefficient (Wildman–Crippen LogP) is 4.97. The van der Waals surface area contributed by atoms with Crippen molar-refractivity contribution < 1.29 is 8.78 Å². The maximum absolute atomic E-state index is 14.5. The van der Waals surface area contributed by atoms with Gasteiger partial charge in [0.05, 0.1) is 16.7 Å². The van der Waals surface area contributed by atoms with Gasteiger partial charge in [0.1, 0.15) is 17.3 Å². The molecule has 2 aromatic heterocycles. The van der Waals surface area contributed by atoms with E-state index < -0.39 is 11.6 Å². The maximum Gasteiger partial charge on any atom is 0.144 e. The highest BCUT2D eigenvalue weighted by molar-refractivity contribution is 6.31. The fourth-order valence-corrected chi connectivity index (χ4v) is 3.79. The van der Waals surface area contributed by atoms with Crippen molar-refractivity contribution >= 4 is 22.5 Å². The highest BCUT2D eigenvalue weighted by Crippen LogP contribution is 2.40. The molecule has 26 heavy (non-hydrogen) atoms. The van der Waals surface area contributed by atoms with Gasteiger partial charge in [-0.3, -0.25) is 9.78 Å². The van der Waals surface area contributed by atoms with Crippen molar-refractivity contribution in [3.05, 3.63) is 58.9 Å². The molecule has 4 aromatic rings. The summed E-state index contributed by atoms with van der Waals surface area (Å²) in [6, 6.07) is 8.02. The van der Waals surface area contributed by atoms with Gasteiger partial charge in [-0.25, -0.2) is 8.78 Å². The first-order chi connectivity index (χ1) is 12.6. The fraction of sp³-hybridized carbons (Fsp3) is 0.158. The highest BCUT2D eigenvalue weighted by atomic mass is 35.5. The van der Waals surface area contributed by atoms with Crippen LogP contribution in [0.4, 0.5) is 8.78 Å². The standard InChI is InChI=1S/C19H13ClF2N4/c20-13-7-12(14(21)8-15(13)22)19-18(17-2-1-5-26(17)25-19)10-3-4-16-11(6-10)9-23-24-16/h3-4,6-9H,1-2,5H2,(H,23,24). The third kappa shape index (κ3) is 2.25. The number of aromatic nitrogens is 4. The molecule has 0 saturated carbocycles. The Balaban J connectivity index is 1.78. The van der Waals surface area contributed by atoms with Gasteiger partial charge in [0.15, 0.2) is 0 Å². The number of halogens is 3. The lowest BCUT2D eigenvalue weighted by Gasteiger charge is -2.08. The Morgan fingerprint density at radius 3 is 2.88 bits per heavy atom. The average Bonchev–Trinajstić information content (AvgIpc) is 3.32. The number of fused-ring (bicyclic) bond motifs is 2. The number of hydrogen-bond donors (Lipinski definition) is 1. The molecule has 3 heterocycles. The Morgan fingerprint density at radius 1 is 1.12 bits per heavy atom. The minimum Gasteiger partial charge on any atom is -0.278 e. The smallest absolute Gasteiger partial charge is 0.144 e. The molecule has 0 saturated heterocycles. The minimum absolute atomic E-state index is 0.120. The molecule has 0 bridgehead atoms. The summed E-state index contributed by atoms with van der Waals surface area (Å²) in [5.74, 6) is -1.45. The van der Waals surface area contributed by atoms with Crippen LogP contribution in [-0.2, 0) is 13.0 Å². The number of rotatable bonds is 2. The normalized spacial score (nSPS) is 13.5. The largest absolute Gasteiger partial charge is 0.278 e. The molecule has 0 atom stereocenters. The van der Waals surface area contributed by atoms with Crippen LogP contribution in [0.1, 0.15) is 12.1 Å². The molecule has 4 nitrogen and oxygen atoms in total. The highest BCUT2D eigenvalue weighted by Gasteiger charge is 2.26. The van der Waals surface area contributed by atoms with E-state index in [1.165, 1.54) is 6.07 Å². The van der Waals surface area contributed by atoms with Gasteiger partial charge in [-0.05, 0) is 36.6 Å². The Labute approximate surface area is 152 Å². The molecule has 0 aliphatic carbocycles. The molecule has 0 fully saturated rings. The number of benzene rings is 2. The Morgan fingerprint density at radius 2 is 2.00 bits per heavy atom. The minimum atomic E-state index is -0.777. The molecule has 0 spiro atoms. The molecule has 5 rings (SSSR count). The number of aromatic amines is 1. The van der Waals surface area contributed by atoms with Gasteiger partial charge >= 0.3 is 0 Å². The van der Waals surface area contributed by atoms with Crippen LogP contribution in [0.25, 0.3) is 33.3 Å². The number of hydrogen-bond acceptors (Lipinski definition) is 2. The molecule has 1 aliphatic heterocycles. The van der Waals surface area contributed by atoms with Crippen LogP contribution in [0, 0.1) is 11.6 Å². The van der Waals surface area contributed by atoms with E-state index in [0.717, 1.165) is 53.2 Å². The number of aryl methyl sites for hydroxylation is 1. The van der Waals surface area contributed by atoms with Crippen molar-refractivity contribution in [3.8, 4) is 22.4 Å². The lowest BCUT2D eigenvalue weighted by Crippen LogP contribution is -1.95. The molecular weight excluding hydrogens is 358 g/mol. The lowest BCUT2D eigenvalue weighted by atomic mass is 9.96. The van der Waals surface area contributed by atoms with E-state index in [0.29, 0.717) is 5.69 Å². The first-order valence-corrected chi connectivity index (χ1v) is 8.68. The van der Waals surface area contributed by atoms with Crippen LogP contribution >= 0.6 is 11.6 Å². The van der Waals surface area contributed by atoms with Gasteiger partial charge < -0.3 is 0 Å². The lowest BCUT2D eigenvalue weighted by molar-refractivity contribution is 0.584. The Hall–Kier alpha value is -2.73. The summed E-state index contributed by atoms with van der Waals surface area (Å²) in [6.07, 6.45) is 3.61. The van der Waals surface area contributed by atoms with Crippen molar-refractivity contribution in [1.82, 2.24) is 20.0 Å². The van der Waals surface area contributed by atoms with Crippen molar-refractivity contribution in [1.29, 1.82) is 0 Å². The molecule has 2 aromatic carbocycles. The van der Waals surface area contributed by atoms with Crippen LogP contribution in [-0.4, -0.2) is 20.0 Å². The summed E-state index contributed by atoms with van der Waals surface area (Å²) in [5, 5.41) is 12.4. The predicted molar refractivity (Wildman–Crippen MR) is 96.0 cm³/mol. The van der Waals surface area contributed by atoms with Crippen LogP contribution in [0.15, 0.2) is 36.5 Å². The maximum atomic E-state index is 14.5. The summed E-state index contributed by atoms with van der Waals surface area (Å²) in [7, 11) is 0. The summed E-state index contributed by atoms with van der Waals surface area (Å²) in [4.78, 5) is 0. The van der Waals surface area contributed by atoms with Gasteiger partial charge in [-0.2, -0.15) is 10.2 Å². The molecule has 0 amide bonds. The first-order valence-electron chi connectivity index (χ1n) is 8.30. The molecule has 1 N–H and O–H groups in total. The van der Waals surface area contributed by atoms with E-state index >= 15 is 0 Å². The zero-order chi connectivity index (χ0) is 17.8. The molecule has 1 aliphatic rings. The van der Waals surface area contributed by atoms with E-state index in [2.05, 4.69) is 15.3 Å². The summed E-state index contributed by atoms with van der Waals surface area (Å²) < 4.78 is 30.0. The topological polar surface area (TPSA) is 46.5 Å². The van der Waals surface area contributed by atoms with Crippen LogP contribution in [0.3, 0.4) is 0 Å². The second kappa shape index (κ2) is 5.64. The van der Waals surface area contributed by atoms with Crippen molar-refractivity contribution in [2.45, 2.75) is 19.4 Å². The third-order valence-corrected chi connectivity index (χ3v) is 5.12. The second-order valence-corrected chi connectivity index (χ2v) is 6.82. The Kier molecular flexibility index (Phi) is 3.37. The zero-order valence-electron chi connectivity index (χ0n) is 13.6. The molecule has 0 unspecified atom stereocenters. The van der Waals surface area contributed by atoms with E-state index in [9.17, 15) is 8.78 Å². The van der Waals surface area contributed by atoms with Gasteiger partial charge in [0.25, 0.3) is 0 Å². The zero-order valence-corrected chi connectivity index (χ0v) is 14.3. The van der Waals surface area contributed by atoms with Gasteiger partial charge in [-0.15, -0.1) is 0 Å². The summed E-state index contributed by atoms with van der Waals surface area (Å²) >= 11 is 5.90. The van der Waals surface area contributed by atoms with Crippen LogP contribution in [0.5, 0.6) is 0 Å². The van der Waals surface area contributed by atoms with Crippen molar-refractivity contribution in [3.63, 3.8) is 0 Å². The SMILES string of the molecule is Fc1cc(F)c(-c2nn3c(c2-c2ccc4[nH]ncc4c2)CCC3)cc1Cl. The van der Waals surface area contributed by atoms with Crippen LogP contribution in [0.2, 0.25) is 5.02 Å². The quantitative estimate of drug-likeness (QED) is 0.506. The summed E-state index contributed by atoms with van der Waals surface area (Å²) in [6.45, 7) is 0.785. The number of nitrogens with zero attached hydrogens (tertiary/aromatic N) is 3. The molecule has 0 radical (unpaired) electrons. The summed E-state index contributed by atoms with van der Waals surface area (Å²) in [5.41, 5.74) is 4.48. The van der Waals surface area contributed by atoms with E-state index in [4.69, 9.17) is 11.6 Å². The van der Waals surface area contributed by atoms with Crippen molar-refractivity contribution in [2.75, 3.05) is 0 Å².